The molecule has 1 heterocycles. The van der Waals surface area contributed by atoms with Crippen molar-refractivity contribution in [3.63, 3.8) is 0 Å². The van der Waals surface area contributed by atoms with Crippen molar-refractivity contribution in [2.75, 3.05) is 5.32 Å². The highest BCUT2D eigenvalue weighted by atomic mass is 35.5. The Kier molecular flexibility index (Phi) is 6.49. The first-order chi connectivity index (χ1) is 16.2. The van der Waals surface area contributed by atoms with E-state index in [0.29, 0.717) is 23.2 Å². The third kappa shape index (κ3) is 5.14. The van der Waals surface area contributed by atoms with Gasteiger partial charge in [-0.1, -0.05) is 65.7 Å². The monoisotopic (exact) mass is 490 g/mol. The van der Waals surface area contributed by atoms with Gasteiger partial charge in [-0.3, -0.25) is 0 Å². The fourth-order valence-corrected chi connectivity index (χ4v) is 5.00. The summed E-state index contributed by atoms with van der Waals surface area (Å²) in [4.78, 5) is 4.77. The average Bonchev–Trinajstić information content (AvgIpc) is 3.28. The van der Waals surface area contributed by atoms with Crippen LogP contribution in [-0.4, -0.2) is 4.98 Å². The van der Waals surface area contributed by atoms with Crippen LogP contribution in [0.2, 0.25) is 10.0 Å². The molecule has 0 saturated carbocycles. The molecule has 0 atom stereocenters. The van der Waals surface area contributed by atoms with Crippen LogP contribution >= 0.6 is 34.5 Å². The number of rotatable bonds is 7. The Hall–Kier alpha value is -3.05. The highest BCUT2D eigenvalue weighted by Crippen LogP contribution is 2.31. The Labute approximate surface area is 206 Å². The summed E-state index contributed by atoms with van der Waals surface area (Å²) in [5.41, 5.74) is 5.08. The maximum Gasteiger partial charge on any atom is 0.124 e. The molecule has 0 aliphatic carbocycles. The number of benzene rings is 4. The molecule has 0 amide bonds. The lowest BCUT2D eigenvalue weighted by Crippen LogP contribution is -2.01. The molecule has 164 valence electrons. The zero-order valence-corrected chi connectivity index (χ0v) is 19.9. The van der Waals surface area contributed by atoms with Crippen LogP contribution in [-0.2, 0) is 13.2 Å². The van der Waals surface area contributed by atoms with Gasteiger partial charge in [-0.15, -0.1) is 11.3 Å². The number of hydrogen-bond acceptors (Lipinski definition) is 4. The van der Waals surface area contributed by atoms with Crippen LogP contribution in [0.4, 0.5) is 5.69 Å². The van der Waals surface area contributed by atoms with Crippen molar-refractivity contribution in [3.8, 4) is 16.3 Å². The van der Waals surface area contributed by atoms with E-state index in [4.69, 9.17) is 32.9 Å². The lowest BCUT2D eigenvalue weighted by atomic mass is 10.2. The molecule has 5 aromatic rings. The summed E-state index contributed by atoms with van der Waals surface area (Å²) < 4.78 is 7.14. The molecule has 33 heavy (non-hydrogen) atoms. The van der Waals surface area contributed by atoms with Crippen LogP contribution in [0.15, 0.2) is 91.0 Å². The molecular weight excluding hydrogens is 471 g/mol. The number of anilines is 1. The van der Waals surface area contributed by atoms with E-state index in [9.17, 15) is 0 Å². The summed E-state index contributed by atoms with van der Waals surface area (Å²) >= 11 is 14.2. The topological polar surface area (TPSA) is 34.1 Å². The predicted molar refractivity (Wildman–Crippen MR) is 140 cm³/mol. The largest absolute Gasteiger partial charge is 0.489 e. The number of fused-ring (bicyclic) bond motifs is 1. The second-order valence-corrected chi connectivity index (χ2v) is 9.40. The van der Waals surface area contributed by atoms with Gasteiger partial charge in [0.25, 0.3) is 0 Å². The van der Waals surface area contributed by atoms with Gasteiger partial charge in [0.15, 0.2) is 0 Å². The van der Waals surface area contributed by atoms with Crippen molar-refractivity contribution in [3.05, 3.63) is 112 Å². The van der Waals surface area contributed by atoms with Crippen molar-refractivity contribution >= 4 is 50.4 Å². The maximum absolute atomic E-state index is 6.25. The zero-order chi connectivity index (χ0) is 22.6. The van der Waals surface area contributed by atoms with Crippen LogP contribution in [0.1, 0.15) is 11.1 Å². The summed E-state index contributed by atoms with van der Waals surface area (Å²) in [5.74, 6) is 0.772. The SMILES string of the molecule is Clc1cccc(Cl)c1COc1cccc(CNc2cccc(-c3nc4ccccc4s3)c2)c1. The minimum atomic E-state index is 0.319. The number of nitrogens with zero attached hydrogens (tertiary/aromatic N) is 1. The Morgan fingerprint density at radius 3 is 2.45 bits per heavy atom. The molecule has 3 nitrogen and oxygen atoms in total. The molecule has 0 spiro atoms. The van der Waals surface area contributed by atoms with Crippen LogP contribution in [0.25, 0.3) is 20.8 Å². The van der Waals surface area contributed by atoms with Crippen molar-refractivity contribution in [2.24, 2.45) is 0 Å². The van der Waals surface area contributed by atoms with E-state index < -0.39 is 0 Å². The molecule has 1 aromatic heterocycles. The first-order valence-corrected chi connectivity index (χ1v) is 12.1. The quantitative estimate of drug-likeness (QED) is 0.248. The van der Waals surface area contributed by atoms with E-state index in [-0.39, 0.29) is 0 Å². The molecular formula is C27H20Cl2N2OS. The third-order valence-corrected chi connectivity index (χ3v) is 7.04. The van der Waals surface area contributed by atoms with E-state index >= 15 is 0 Å². The molecule has 0 radical (unpaired) electrons. The molecule has 6 heteroatoms. The highest BCUT2D eigenvalue weighted by molar-refractivity contribution is 7.21. The maximum atomic E-state index is 6.25. The molecule has 0 aliphatic heterocycles. The van der Waals surface area contributed by atoms with E-state index in [1.165, 1.54) is 4.70 Å². The predicted octanol–water partition coefficient (Wildman–Crippen LogP) is 8.46. The number of para-hydroxylation sites is 1. The Bertz CT molecular complexity index is 1360. The Morgan fingerprint density at radius 2 is 1.61 bits per heavy atom. The first kappa shape index (κ1) is 21.8. The summed E-state index contributed by atoms with van der Waals surface area (Å²) in [6.45, 7) is 0.993. The fraction of sp³-hybridized carbons (Fsp3) is 0.0741. The van der Waals surface area contributed by atoms with Crippen molar-refractivity contribution in [1.82, 2.24) is 4.98 Å². The Balaban J connectivity index is 1.26. The number of halogens is 2. The van der Waals surface area contributed by atoms with Crippen LogP contribution in [0, 0.1) is 0 Å². The van der Waals surface area contributed by atoms with Crippen molar-refractivity contribution < 1.29 is 4.74 Å². The lowest BCUT2D eigenvalue weighted by Gasteiger charge is -2.12. The second-order valence-electron chi connectivity index (χ2n) is 7.56. The van der Waals surface area contributed by atoms with Gasteiger partial charge in [0, 0.05) is 33.4 Å². The standard InChI is InChI=1S/C27H20Cl2N2OS/c28-23-10-5-11-24(29)22(23)17-32-21-9-3-6-18(14-21)16-30-20-8-4-7-19(15-20)27-31-25-12-1-2-13-26(25)33-27/h1-15,30H,16-17H2. The highest BCUT2D eigenvalue weighted by Gasteiger charge is 2.08. The summed E-state index contributed by atoms with van der Waals surface area (Å²) in [5, 5.41) is 5.73. The molecule has 0 saturated heterocycles. The lowest BCUT2D eigenvalue weighted by molar-refractivity contribution is 0.306. The molecule has 0 bridgehead atoms. The number of hydrogen-bond donors (Lipinski definition) is 1. The number of nitrogens with one attached hydrogen (secondary N) is 1. The zero-order valence-electron chi connectivity index (χ0n) is 17.6. The molecule has 1 N–H and O–H groups in total. The summed E-state index contributed by atoms with van der Waals surface area (Å²) in [7, 11) is 0. The van der Waals surface area contributed by atoms with Gasteiger partial charge in [-0.25, -0.2) is 4.98 Å². The number of ether oxygens (including phenoxy) is 1. The van der Waals surface area contributed by atoms with Crippen molar-refractivity contribution in [1.29, 1.82) is 0 Å². The van der Waals surface area contributed by atoms with Gasteiger partial charge in [0.1, 0.15) is 17.4 Å². The van der Waals surface area contributed by atoms with E-state index in [0.717, 1.165) is 38.7 Å². The fourth-order valence-electron chi connectivity index (χ4n) is 3.53. The smallest absolute Gasteiger partial charge is 0.124 e. The number of aromatic nitrogens is 1. The molecule has 0 unspecified atom stereocenters. The van der Waals surface area contributed by atoms with E-state index in [1.807, 2.05) is 54.6 Å². The average molecular weight is 491 g/mol. The van der Waals surface area contributed by atoms with Gasteiger partial charge >= 0.3 is 0 Å². The minimum Gasteiger partial charge on any atom is -0.489 e. The van der Waals surface area contributed by atoms with Gasteiger partial charge < -0.3 is 10.1 Å². The number of thiazole rings is 1. The van der Waals surface area contributed by atoms with Gasteiger partial charge in [0.05, 0.1) is 10.2 Å². The minimum absolute atomic E-state index is 0.319. The summed E-state index contributed by atoms with van der Waals surface area (Å²) in [6.07, 6.45) is 0. The molecule has 0 aliphatic rings. The normalized spacial score (nSPS) is 11.0. The van der Waals surface area contributed by atoms with E-state index in [1.54, 1.807) is 11.3 Å². The van der Waals surface area contributed by atoms with Crippen LogP contribution in [0.3, 0.4) is 0 Å². The molecule has 5 rings (SSSR count). The van der Waals surface area contributed by atoms with Crippen LogP contribution in [0.5, 0.6) is 5.75 Å². The van der Waals surface area contributed by atoms with Crippen LogP contribution < -0.4 is 10.1 Å². The summed E-state index contributed by atoms with van der Waals surface area (Å²) in [6, 6.07) is 30.0. The van der Waals surface area contributed by atoms with Gasteiger partial charge in [-0.05, 0) is 54.1 Å². The van der Waals surface area contributed by atoms with Gasteiger partial charge in [0.2, 0.25) is 0 Å². The second kappa shape index (κ2) is 9.84. The molecule has 4 aromatic carbocycles. The Morgan fingerprint density at radius 1 is 0.818 bits per heavy atom. The van der Waals surface area contributed by atoms with Gasteiger partial charge in [-0.2, -0.15) is 0 Å². The molecule has 0 fully saturated rings. The van der Waals surface area contributed by atoms with Crippen molar-refractivity contribution in [2.45, 2.75) is 13.2 Å². The van der Waals surface area contributed by atoms with E-state index in [2.05, 4.69) is 41.7 Å². The first-order valence-electron chi connectivity index (χ1n) is 10.5. The third-order valence-electron chi connectivity index (χ3n) is 5.24.